The Morgan fingerprint density at radius 2 is 2.11 bits per heavy atom. The Bertz CT molecular complexity index is 476. The Hall–Kier alpha value is -1.78. The number of benzene rings is 1. The van der Waals surface area contributed by atoms with Crippen molar-refractivity contribution >= 4 is 11.4 Å². The first-order chi connectivity index (χ1) is 9.04. The minimum Gasteiger partial charge on any atom is -0.490 e. The Balaban J connectivity index is 2.27. The molecule has 2 rings (SSSR count). The van der Waals surface area contributed by atoms with Gasteiger partial charge in [-0.05, 0) is 36.8 Å². The fourth-order valence-corrected chi connectivity index (χ4v) is 2.76. The number of nitrogens with one attached hydrogen (secondary N) is 1. The molecule has 5 nitrogen and oxygen atoms in total. The van der Waals surface area contributed by atoms with Gasteiger partial charge >= 0.3 is 5.69 Å². The van der Waals surface area contributed by atoms with Gasteiger partial charge in [0.15, 0.2) is 5.75 Å². The largest absolute Gasteiger partial charge is 0.490 e. The standard InChI is InChI=1S/C14H20N2O3/c1-9-7-8-11(10(9)2)15-12-5-4-6-13(19-3)14(12)16(17)18/h4-6,9-11,15H,7-8H2,1-3H3. The second kappa shape index (κ2) is 5.47. The van der Waals surface area contributed by atoms with Crippen molar-refractivity contribution in [3.05, 3.63) is 28.3 Å². The van der Waals surface area contributed by atoms with E-state index in [1.54, 1.807) is 18.2 Å². The highest BCUT2D eigenvalue weighted by Crippen LogP contribution is 2.38. The van der Waals surface area contributed by atoms with Gasteiger partial charge in [0.1, 0.15) is 5.69 Å². The molecule has 0 heterocycles. The van der Waals surface area contributed by atoms with E-state index in [0.717, 1.165) is 12.8 Å². The van der Waals surface area contributed by atoms with Gasteiger partial charge in [0.25, 0.3) is 0 Å². The van der Waals surface area contributed by atoms with Crippen molar-refractivity contribution in [1.82, 2.24) is 0 Å². The molecule has 0 saturated heterocycles. The summed E-state index contributed by atoms with van der Waals surface area (Å²) < 4.78 is 5.08. The summed E-state index contributed by atoms with van der Waals surface area (Å²) in [6.45, 7) is 4.42. The van der Waals surface area contributed by atoms with Crippen LogP contribution in [0.2, 0.25) is 0 Å². The van der Waals surface area contributed by atoms with Crippen molar-refractivity contribution in [2.75, 3.05) is 12.4 Å². The number of nitrogens with zero attached hydrogens (tertiary/aromatic N) is 1. The van der Waals surface area contributed by atoms with Crippen LogP contribution in [0.5, 0.6) is 5.75 Å². The number of nitro groups is 1. The molecule has 0 amide bonds. The Morgan fingerprint density at radius 3 is 2.63 bits per heavy atom. The molecule has 0 spiro atoms. The maximum absolute atomic E-state index is 11.2. The number of hydrogen-bond acceptors (Lipinski definition) is 4. The Morgan fingerprint density at radius 1 is 1.37 bits per heavy atom. The zero-order valence-corrected chi connectivity index (χ0v) is 11.6. The first-order valence-corrected chi connectivity index (χ1v) is 6.62. The summed E-state index contributed by atoms with van der Waals surface area (Å²) >= 11 is 0. The topological polar surface area (TPSA) is 64.4 Å². The highest BCUT2D eigenvalue weighted by molar-refractivity contribution is 5.68. The first-order valence-electron chi connectivity index (χ1n) is 6.62. The number of para-hydroxylation sites is 1. The number of ether oxygens (including phenoxy) is 1. The highest BCUT2D eigenvalue weighted by atomic mass is 16.6. The van der Waals surface area contributed by atoms with Crippen LogP contribution in [0.3, 0.4) is 0 Å². The molecule has 1 fully saturated rings. The van der Waals surface area contributed by atoms with E-state index in [-0.39, 0.29) is 10.6 Å². The third-order valence-electron chi connectivity index (χ3n) is 4.21. The molecule has 0 radical (unpaired) electrons. The van der Waals surface area contributed by atoms with E-state index in [1.165, 1.54) is 7.11 Å². The SMILES string of the molecule is COc1cccc(NC2CCC(C)C2C)c1[N+](=O)[O-]. The van der Waals surface area contributed by atoms with E-state index >= 15 is 0 Å². The van der Waals surface area contributed by atoms with Gasteiger partial charge in [-0.15, -0.1) is 0 Å². The van der Waals surface area contributed by atoms with Crippen LogP contribution in [0.25, 0.3) is 0 Å². The normalized spacial score (nSPS) is 26.2. The van der Waals surface area contributed by atoms with Crippen molar-refractivity contribution in [2.24, 2.45) is 11.8 Å². The third kappa shape index (κ3) is 2.64. The number of nitro benzene ring substituents is 1. The van der Waals surface area contributed by atoms with Crippen LogP contribution in [0, 0.1) is 22.0 Å². The van der Waals surface area contributed by atoms with E-state index in [2.05, 4.69) is 19.2 Å². The zero-order chi connectivity index (χ0) is 14.0. The van der Waals surface area contributed by atoms with Crippen molar-refractivity contribution in [1.29, 1.82) is 0 Å². The summed E-state index contributed by atoms with van der Waals surface area (Å²) in [4.78, 5) is 10.8. The summed E-state index contributed by atoms with van der Waals surface area (Å²) in [6, 6.07) is 5.43. The molecule has 0 bridgehead atoms. The lowest BCUT2D eigenvalue weighted by atomic mass is 9.97. The number of methoxy groups -OCH3 is 1. The molecule has 1 aliphatic rings. The second-order valence-corrected chi connectivity index (χ2v) is 5.28. The monoisotopic (exact) mass is 264 g/mol. The highest BCUT2D eigenvalue weighted by Gasteiger charge is 2.31. The van der Waals surface area contributed by atoms with Crippen molar-refractivity contribution in [3.8, 4) is 5.75 Å². The molecule has 1 saturated carbocycles. The van der Waals surface area contributed by atoms with Gasteiger partial charge in [-0.1, -0.05) is 19.9 Å². The summed E-state index contributed by atoms with van der Waals surface area (Å²) in [7, 11) is 1.45. The van der Waals surface area contributed by atoms with E-state index in [0.29, 0.717) is 29.3 Å². The quantitative estimate of drug-likeness (QED) is 0.668. The lowest BCUT2D eigenvalue weighted by Crippen LogP contribution is -2.24. The average molecular weight is 264 g/mol. The molecule has 3 unspecified atom stereocenters. The van der Waals surface area contributed by atoms with Gasteiger partial charge < -0.3 is 10.1 Å². The molecule has 3 atom stereocenters. The van der Waals surface area contributed by atoms with Gasteiger partial charge in [-0.2, -0.15) is 0 Å². The molecular formula is C14H20N2O3. The van der Waals surface area contributed by atoms with E-state index in [9.17, 15) is 10.1 Å². The summed E-state index contributed by atoms with van der Waals surface area (Å²) in [5, 5.41) is 14.5. The van der Waals surface area contributed by atoms with Gasteiger partial charge in [0, 0.05) is 6.04 Å². The van der Waals surface area contributed by atoms with Crippen LogP contribution in [-0.4, -0.2) is 18.1 Å². The molecule has 1 aliphatic carbocycles. The van der Waals surface area contributed by atoms with Crippen molar-refractivity contribution in [2.45, 2.75) is 32.7 Å². The summed E-state index contributed by atoms with van der Waals surface area (Å²) in [5.74, 6) is 1.47. The molecule has 1 N–H and O–H groups in total. The predicted molar refractivity (Wildman–Crippen MR) is 74.6 cm³/mol. The lowest BCUT2D eigenvalue weighted by molar-refractivity contribution is -0.384. The van der Waals surface area contributed by atoms with Crippen LogP contribution in [0.1, 0.15) is 26.7 Å². The van der Waals surface area contributed by atoms with Crippen LogP contribution < -0.4 is 10.1 Å². The number of hydrogen-bond donors (Lipinski definition) is 1. The smallest absolute Gasteiger partial charge is 0.333 e. The molecule has 5 heteroatoms. The summed E-state index contributed by atoms with van der Waals surface area (Å²) in [5.41, 5.74) is 0.576. The second-order valence-electron chi connectivity index (χ2n) is 5.28. The van der Waals surface area contributed by atoms with Crippen molar-refractivity contribution in [3.63, 3.8) is 0 Å². The van der Waals surface area contributed by atoms with Gasteiger partial charge in [-0.3, -0.25) is 10.1 Å². The van der Waals surface area contributed by atoms with E-state index in [1.807, 2.05) is 0 Å². The van der Waals surface area contributed by atoms with Gasteiger partial charge in [0.05, 0.1) is 12.0 Å². The van der Waals surface area contributed by atoms with Crippen LogP contribution in [0.4, 0.5) is 11.4 Å². The Kier molecular flexibility index (Phi) is 3.93. The number of rotatable bonds is 4. The minimum absolute atomic E-state index is 0.0248. The van der Waals surface area contributed by atoms with Gasteiger partial charge in [-0.25, -0.2) is 0 Å². The first kappa shape index (κ1) is 13.6. The fourth-order valence-electron chi connectivity index (χ4n) is 2.76. The molecule has 0 aliphatic heterocycles. The predicted octanol–water partition coefficient (Wildman–Crippen LogP) is 3.45. The summed E-state index contributed by atoms with van der Waals surface area (Å²) in [6.07, 6.45) is 2.22. The van der Waals surface area contributed by atoms with E-state index in [4.69, 9.17) is 4.74 Å². The molecule has 19 heavy (non-hydrogen) atoms. The van der Waals surface area contributed by atoms with Gasteiger partial charge in [0.2, 0.25) is 0 Å². The molecule has 0 aromatic heterocycles. The molecule has 104 valence electrons. The minimum atomic E-state index is -0.385. The molecule has 1 aromatic rings. The zero-order valence-electron chi connectivity index (χ0n) is 11.6. The lowest BCUT2D eigenvalue weighted by Gasteiger charge is -2.21. The van der Waals surface area contributed by atoms with Crippen LogP contribution in [-0.2, 0) is 0 Å². The third-order valence-corrected chi connectivity index (χ3v) is 4.21. The Labute approximate surface area is 113 Å². The van der Waals surface area contributed by atoms with Crippen LogP contribution in [0.15, 0.2) is 18.2 Å². The van der Waals surface area contributed by atoms with Crippen LogP contribution >= 0.6 is 0 Å². The molecule has 1 aromatic carbocycles. The maximum atomic E-state index is 11.2. The number of anilines is 1. The van der Waals surface area contributed by atoms with Crippen molar-refractivity contribution < 1.29 is 9.66 Å². The van der Waals surface area contributed by atoms with E-state index < -0.39 is 0 Å². The average Bonchev–Trinajstić information content (AvgIpc) is 2.70. The maximum Gasteiger partial charge on any atom is 0.333 e. The fraction of sp³-hybridized carbons (Fsp3) is 0.571. The molecular weight excluding hydrogens is 244 g/mol.